The first-order valence-corrected chi connectivity index (χ1v) is 5.88. The maximum atomic E-state index is 10.9. The quantitative estimate of drug-likeness (QED) is 0.689. The molecule has 0 saturated carbocycles. The molecule has 1 atom stereocenters. The fourth-order valence-electron chi connectivity index (χ4n) is 1.63. The van der Waals surface area contributed by atoms with Gasteiger partial charge in [0, 0.05) is 5.69 Å². The predicted octanol–water partition coefficient (Wildman–Crippen LogP) is 1.26. The standard InChI is InChI=1S/C9H11NO3S/c11-14(12,13)9-6-5-7-3-1-2-4-8(7)10-9/h1-4,9-10H,5-6H2,(H,11,12,13)/t9-/m0/s1. The van der Waals surface area contributed by atoms with Gasteiger partial charge in [-0.25, -0.2) is 0 Å². The van der Waals surface area contributed by atoms with Crippen LogP contribution < -0.4 is 5.32 Å². The number of benzene rings is 1. The average molecular weight is 213 g/mol. The van der Waals surface area contributed by atoms with Gasteiger partial charge in [0.25, 0.3) is 10.1 Å². The number of para-hydroxylation sites is 1. The summed E-state index contributed by atoms with van der Waals surface area (Å²) in [5.41, 5.74) is 1.88. The summed E-state index contributed by atoms with van der Waals surface area (Å²) >= 11 is 0. The van der Waals surface area contributed by atoms with Gasteiger partial charge in [-0.15, -0.1) is 0 Å². The van der Waals surface area contributed by atoms with Crippen molar-refractivity contribution in [2.24, 2.45) is 0 Å². The molecule has 0 saturated heterocycles. The maximum absolute atomic E-state index is 10.9. The predicted molar refractivity (Wildman–Crippen MR) is 53.7 cm³/mol. The Morgan fingerprint density at radius 2 is 2.07 bits per heavy atom. The van der Waals surface area contributed by atoms with E-state index in [-0.39, 0.29) is 0 Å². The number of aryl methyl sites for hydroxylation is 1. The number of rotatable bonds is 1. The summed E-state index contributed by atoms with van der Waals surface area (Å²) in [6, 6.07) is 7.50. The molecule has 2 rings (SSSR count). The molecule has 0 aliphatic carbocycles. The van der Waals surface area contributed by atoms with E-state index in [1.165, 1.54) is 0 Å². The van der Waals surface area contributed by atoms with E-state index in [2.05, 4.69) is 5.32 Å². The fourth-order valence-corrected chi connectivity index (χ4v) is 2.33. The Balaban J connectivity index is 2.30. The van der Waals surface area contributed by atoms with E-state index in [1.807, 2.05) is 24.3 Å². The van der Waals surface area contributed by atoms with Crippen molar-refractivity contribution >= 4 is 15.8 Å². The molecule has 1 aliphatic heterocycles. The molecule has 1 aromatic rings. The minimum atomic E-state index is -3.98. The largest absolute Gasteiger partial charge is 0.367 e. The van der Waals surface area contributed by atoms with E-state index < -0.39 is 15.5 Å². The molecule has 76 valence electrons. The van der Waals surface area contributed by atoms with Crippen LogP contribution in [0.25, 0.3) is 0 Å². The van der Waals surface area contributed by atoms with Crippen molar-refractivity contribution in [2.45, 2.75) is 18.2 Å². The van der Waals surface area contributed by atoms with Crippen LogP contribution in [0.2, 0.25) is 0 Å². The topological polar surface area (TPSA) is 66.4 Å². The molecule has 0 spiro atoms. The van der Waals surface area contributed by atoms with E-state index in [0.29, 0.717) is 12.8 Å². The molecule has 5 heteroatoms. The van der Waals surface area contributed by atoms with Crippen LogP contribution in [0.15, 0.2) is 24.3 Å². The maximum Gasteiger partial charge on any atom is 0.286 e. The fraction of sp³-hybridized carbons (Fsp3) is 0.333. The number of hydrogen-bond acceptors (Lipinski definition) is 3. The highest BCUT2D eigenvalue weighted by molar-refractivity contribution is 7.86. The van der Waals surface area contributed by atoms with Gasteiger partial charge in [-0.2, -0.15) is 8.42 Å². The third-order valence-electron chi connectivity index (χ3n) is 2.37. The van der Waals surface area contributed by atoms with Gasteiger partial charge < -0.3 is 5.32 Å². The van der Waals surface area contributed by atoms with Gasteiger partial charge in [0.1, 0.15) is 0 Å². The Morgan fingerprint density at radius 1 is 1.36 bits per heavy atom. The highest BCUT2D eigenvalue weighted by Crippen LogP contribution is 2.25. The van der Waals surface area contributed by atoms with Crippen molar-refractivity contribution in [1.82, 2.24) is 0 Å². The van der Waals surface area contributed by atoms with E-state index in [0.717, 1.165) is 11.3 Å². The molecular weight excluding hydrogens is 202 g/mol. The summed E-state index contributed by atoms with van der Waals surface area (Å²) in [5, 5.41) is 1.94. The Morgan fingerprint density at radius 3 is 2.79 bits per heavy atom. The van der Waals surface area contributed by atoms with Gasteiger partial charge >= 0.3 is 0 Å². The molecule has 0 amide bonds. The van der Waals surface area contributed by atoms with Crippen molar-refractivity contribution in [3.8, 4) is 0 Å². The summed E-state index contributed by atoms with van der Waals surface area (Å²) in [5.74, 6) is 0. The average Bonchev–Trinajstić information content (AvgIpc) is 2.16. The van der Waals surface area contributed by atoms with Crippen LogP contribution in [0.4, 0.5) is 5.69 Å². The molecule has 1 aromatic carbocycles. The first kappa shape index (κ1) is 9.48. The monoisotopic (exact) mass is 213 g/mol. The van der Waals surface area contributed by atoms with Crippen LogP contribution in [-0.2, 0) is 16.5 Å². The highest BCUT2D eigenvalue weighted by Gasteiger charge is 2.26. The molecule has 0 fully saturated rings. The zero-order valence-electron chi connectivity index (χ0n) is 7.47. The Kier molecular flexibility index (Phi) is 2.20. The van der Waals surface area contributed by atoms with Crippen molar-refractivity contribution in [3.63, 3.8) is 0 Å². The van der Waals surface area contributed by atoms with Crippen LogP contribution in [0.1, 0.15) is 12.0 Å². The number of fused-ring (bicyclic) bond motifs is 1. The smallest absolute Gasteiger partial charge is 0.286 e. The Labute approximate surface area is 82.7 Å². The molecule has 4 nitrogen and oxygen atoms in total. The molecule has 1 aliphatic rings. The van der Waals surface area contributed by atoms with Crippen molar-refractivity contribution in [2.75, 3.05) is 5.32 Å². The Hall–Kier alpha value is -1.07. The third-order valence-corrected chi connectivity index (χ3v) is 3.44. The van der Waals surface area contributed by atoms with Crippen molar-refractivity contribution < 1.29 is 13.0 Å². The lowest BCUT2D eigenvalue weighted by Gasteiger charge is -2.24. The summed E-state index contributed by atoms with van der Waals surface area (Å²) in [4.78, 5) is 0. The van der Waals surface area contributed by atoms with E-state index in [4.69, 9.17) is 4.55 Å². The molecular formula is C9H11NO3S. The number of nitrogens with one attached hydrogen (secondary N) is 1. The minimum absolute atomic E-state index is 0.413. The van der Waals surface area contributed by atoms with Crippen molar-refractivity contribution in [3.05, 3.63) is 29.8 Å². The van der Waals surface area contributed by atoms with Gasteiger partial charge in [0.2, 0.25) is 0 Å². The van der Waals surface area contributed by atoms with Gasteiger partial charge in [-0.05, 0) is 24.5 Å². The summed E-state index contributed by atoms with van der Waals surface area (Å²) in [6.45, 7) is 0. The van der Waals surface area contributed by atoms with Crippen LogP contribution >= 0.6 is 0 Å². The van der Waals surface area contributed by atoms with E-state index in [1.54, 1.807) is 0 Å². The second-order valence-corrected chi connectivity index (χ2v) is 4.94. The molecule has 1 heterocycles. The highest BCUT2D eigenvalue weighted by atomic mass is 32.2. The van der Waals surface area contributed by atoms with E-state index >= 15 is 0 Å². The van der Waals surface area contributed by atoms with Crippen LogP contribution in [0, 0.1) is 0 Å². The summed E-state index contributed by atoms with van der Waals surface area (Å²) in [7, 11) is -3.98. The molecule has 2 N–H and O–H groups in total. The molecule has 14 heavy (non-hydrogen) atoms. The lowest BCUT2D eigenvalue weighted by atomic mass is 10.0. The second kappa shape index (κ2) is 3.25. The summed E-state index contributed by atoms with van der Waals surface area (Å²) in [6.07, 6.45) is 1.09. The first-order chi connectivity index (χ1) is 6.57. The molecule has 0 radical (unpaired) electrons. The van der Waals surface area contributed by atoms with Gasteiger partial charge in [0.05, 0.1) is 0 Å². The zero-order valence-corrected chi connectivity index (χ0v) is 8.29. The van der Waals surface area contributed by atoms with Crippen LogP contribution in [0.3, 0.4) is 0 Å². The minimum Gasteiger partial charge on any atom is -0.367 e. The lowest BCUT2D eigenvalue weighted by molar-refractivity contribution is 0.466. The van der Waals surface area contributed by atoms with Gasteiger partial charge in [-0.3, -0.25) is 4.55 Å². The SMILES string of the molecule is O=S(=O)(O)[C@H]1CCc2ccccc2N1. The zero-order chi connectivity index (χ0) is 10.2. The van der Waals surface area contributed by atoms with E-state index in [9.17, 15) is 8.42 Å². The van der Waals surface area contributed by atoms with Gasteiger partial charge in [-0.1, -0.05) is 18.2 Å². The summed E-state index contributed by atoms with van der Waals surface area (Å²) < 4.78 is 30.7. The molecule has 0 unspecified atom stereocenters. The third kappa shape index (κ3) is 1.73. The lowest BCUT2D eigenvalue weighted by Crippen LogP contribution is -2.32. The van der Waals surface area contributed by atoms with Gasteiger partial charge in [0.15, 0.2) is 5.37 Å². The first-order valence-electron chi connectivity index (χ1n) is 4.38. The molecule has 0 bridgehead atoms. The number of anilines is 1. The Bertz CT molecular complexity index is 441. The normalized spacial score (nSPS) is 21.1. The molecule has 0 aromatic heterocycles. The van der Waals surface area contributed by atoms with Crippen molar-refractivity contribution in [1.29, 1.82) is 0 Å². The second-order valence-electron chi connectivity index (χ2n) is 3.34. The van der Waals surface area contributed by atoms with Crippen LogP contribution in [0.5, 0.6) is 0 Å². The number of hydrogen-bond donors (Lipinski definition) is 2. The van der Waals surface area contributed by atoms with Crippen LogP contribution in [-0.4, -0.2) is 18.3 Å².